The molecule has 0 N–H and O–H groups in total. The van der Waals surface area contributed by atoms with Gasteiger partial charge in [-0.2, -0.15) is 0 Å². The largest absolute Gasteiger partial charge is 0.0885 e. The van der Waals surface area contributed by atoms with Crippen LogP contribution < -0.4 is 0 Å². The molecule has 0 amide bonds. The van der Waals surface area contributed by atoms with Gasteiger partial charge in [0, 0.05) is 0 Å². The van der Waals surface area contributed by atoms with Crippen LogP contribution in [0, 0.1) is 6.08 Å². The van der Waals surface area contributed by atoms with Crippen LogP contribution in [-0.4, -0.2) is 0 Å². The second kappa shape index (κ2) is 8.10. The Labute approximate surface area is 82.7 Å². The lowest BCUT2D eigenvalue weighted by Gasteiger charge is -1.97. The van der Waals surface area contributed by atoms with Gasteiger partial charge in [-0.25, -0.2) is 0 Å². The topological polar surface area (TPSA) is 0 Å². The van der Waals surface area contributed by atoms with Gasteiger partial charge in [-0.05, 0) is 44.6 Å². The van der Waals surface area contributed by atoms with Crippen molar-refractivity contribution in [3.63, 3.8) is 0 Å². The fourth-order valence-corrected chi connectivity index (χ4v) is 1.65. The van der Waals surface area contributed by atoms with Crippen molar-refractivity contribution in [1.29, 1.82) is 0 Å². The maximum atomic E-state index is 3.35. The highest BCUT2D eigenvalue weighted by Crippen LogP contribution is 2.09. The van der Waals surface area contributed by atoms with Crippen LogP contribution >= 0.6 is 0 Å². The van der Waals surface area contributed by atoms with Crippen molar-refractivity contribution >= 4 is 0 Å². The molecule has 1 rings (SSSR count). The zero-order valence-electron chi connectivity index (χ0n) is 8.60. The van der Waals surface area contributed by atoms with Crippen LogP contribution in [0.5, 0.6) is 0 Å². The minimum Gasteiger partial charge on any atom is -0.0885 e. The second-order valence-corrected chi connectivity index (χ2v) is 3.76. The third-order valence-corrected chi connectivity index (χ3v) is 2.49. The molecule has 13 heavy (non-hydrogen) atoms. The summed E-state index contributed by atoms with van der Waals surface area (Å²) in [7, 11) is 0. The van der Waals surface area contributed by atoms with Gasteiger partial charge in [0.05, 0.1) is 0 Å². The Morgan fingerprint density at radius 2 is 1.38 bits per heavy atom. The van der Waals surface area contributed by atoms with E-state index in [2.05, 4.69) is 24.3 Å². The summed E-state index contributed by atoms with van der Waals surface area (Å²) in [5.74, 6) is 0. The smallest absolute Gasteiger partial charge is 0.0245 e. The van der Waals surface area contributed by atoms with E-state index in [-0.39, 0.29) is 0 Å². The monoisotopic (exact) mass is 177 g/mol. The summed E-state index contributed by atoms with van der Waals surface area (Å²) >= 11 is 0. The van der Waals surface area contributed by atoms with Gasteiger partial charge in [-0.1, -0.05) is 37.5 Å². The molecule has 0 bridgehead atoms. The van der Waals surface area contributed by atoms with E-state index in [1.165, 1.54) is 51.4 Å². The predicted octanol–water partition coefficient (Wildman–Crippen LogP) is 4.43. The first kappa shape index (κ1) is 10.6. The van der Waals surface area contributed by atoms with E-state index in [0.717, 1.165) is 6.42 Å². The van der Waals surface area contributed by atoms with Gasteiger partial charge in [0.15, 0.2) is 0 Å². The summed E-state index contributed by atoms with van der Waals surface area (Å²) in [4.78, 5) is 0. The highest BCUT2D eigenvalue weighted by Gasteiger charge is 1.89. The molecule has 0 aliphatic heterocycles. The molecule has 0 heteroatoms. The van der Waals surface area contributed by atoms with Crippen LogP contribution in [-0.2, 0) is 0 Å². The molecule has 0 aromatic rings. The van der Waals surface area contributed by atoms with E-state index in [9.17, 15) is 0 Å². The average Bonchev–Trinajstić information content (AvgIpc) is 2.18. The zero-order chi connectivity index (χ0) is 9.19. The minimum absolute atomic E-state index is 1.11. The molecule has 0 atom stereocenters. The fraction of sp³-hybridized carbons (Fsp3) is 0.692. The highest BCUT2D eigenvalue weighted by molar-refractivity contribution is 4.84. The van der Waals surface area contributed by atoms with Crippen molar-refractivity contribution < 1.29 is 0 Å². The van der Waals surface area contributed by atoms with Crippen molar-refractivity contribution in [3.8, 4) is 0 Å². The molecule has 1 aliphatic carbocycles. The van der Waals surface area contributed by atoms with Crippen molar-refractivity contribution in [1.82, 2.24) is 0 Å². The van der Waals surface area contributed by atoms with Gasteiger partial charge in [0.1, 0.15) is 0 Å². The SMILES string of the molecule is [C]1=CCCCCCCCC=CCC1. The minimum atomic E-state index is 1.11. The number of hydrogen-bond acceptors (Lipinski definition) is 0. The summed E-state index contributed by atoms with van der Waals surface area (Å²) in [5, 5.41) is 0. The van der Waals surface area contributed by atoms with Gasteiger partial charge in [-0.15, -0.1) is 0 Å². The lowest BCUT2D eigenvalue weighted by atomic mass is 10.1. The van der Waals surface area contributed by atoms with E-state index >= 15 is 0 Å². The Morgan fingerprint density at radius 3 is 2.31 bits per heavy atom. The molecule has 0 unspecified atom stereocenters. The third kappa shape index (κ3) is 6.62. The van der Waals surface area contributed by atoms with Crippen molar-refractivity contribution in [2.45, 2.75) is 57.8 Å². The first-order valence-electron chi connectivity index (χ1n) is 5.70. The van der Waals surface area contributed by atoms with E-state index in [4.69, 9.17) is 0 Å². The van der Waals surface area contributed by atoms with E-state index < -0.39 is 0 Å². The highest BCUT2D eigenvalue weighted by atomic mass is 14.0. The first-order valence-corrected chi connectivity index (χ1v) is 5.70. The van der Waals surface area contributed by atoms with Gasteiger partial charge >= 0.3 is 0 Å². The van der Waals surface area contributed by atoms with Gasteiger partial charge in [-0.3, -0.25) is 0 Å². The van der Waals surface area contributed by atoms with Crippen LogP contribution in [0.25, 0.3) is 0 Å². The van der Waals surface area contributed by atoms with Crippen LogP contribution in [0.1, 0.15) is 57.8 Å². The van der Waals surface area contributed by atoms with Crippen molar-refractivity contribution in [2.24, 2.45) is 0 Å². The summed E-state index contributed by atoms with van der Waals surface area (Å²) in [5.41, 5.74) is 0. The van der Waals surface area contributed by atoms with Crippen LogP contribution in [0.3, 0.4) is 0 Å². The molecule has 0 spiro atoms. The standard InChI is InChI=1S/C13H21/c1-2-4-6-8-10-12-13-11-9-7-5-3-1/h1-2,10H,3-7,9,11-13H2. The molecule has 0 nitrogen and oxygen atoms in total. The zero-order valence-corrected chi connectivity index (χ0v) is 8.60. The lowest BCUT2D eigenvalue weighted by Crippen LogP contribution is -1.77. The van der Waals surface area contributed by atoms with Crippen molar-refractivity contribution in [3.05, 3.63) is 24.3 Å². The molecule has 0 heterocycles. The normalized spacial score (nSPS) is 21.5. The quantitative estimate of drug-likeness (QED) is 0.480. The van der Waals surface area contributed by atoms with E-state index in [1.54, 1.807) is 0 Å². The number of allylic oxidation sites excluding steroid dienone is 4. The molecule has 1 aliphatic rings. The maximum absolute atomic E-state index is 3.35. The van der Waals surface area contributed by atoms with Crippen LogP contribution in [0.15, 0.2) is 18.2 Å². The Kier molecular flexibility index (Phi) is 6.58. The molecule has 0 saturated heterocycles. The van der Waals surface area contributed by atoms with E-state index in [0.29, 0.717) is 0 Å². The Hall–Kier alpha value is -0.520. The second-order valence-electron chi connectivity index (χ2n) is 3.76. The summed E-state index contributed by atoms with van der Waals surface area (Å²) in [6.45, 7) is 0. The molecule has 73 valence electrons. The lowest BCUT2D eigenvalue weighted by molar-refractivity contribution is 0.622. The van der Waals surface area contributed by atoms with E-state index in [1.807, 2.05) is 0 Å². The van der Waals surface area contributed by atoms with Gasteiger partial charge in [0.2, 0.25) is 0 Å². The van der Waals surface area contributed by atoms with Crippen molar-refractivity contribution in [2.75, 3.05) is 0 Å². The molecule has 0 saturated carbocycles. The number of hydrogen-bond donors (Lipinski definition) is 0. The molecular weight excluding hydrogens is 156 g/mol. The summed E-state index contributed by atoms with van der Waals surface area (Å²) in [6, 6.07) is 0. The molecule has 0 aromatic carbocycles. The molecule has 0 fully saturated rings. The Bertz CT molecular complexity index is 135. The Balaban J connectivity index is 2.18. The fourth-order valence-electron chi connectivity index (χ4n) is 1.65. The molecule has 0 aromatic heterocycles. The summed E-state index contributed by atoms with van der Waals surface area (Å²) < 4.78 is 0. The number of rotatable bonds is 0. The average molecular weight is 177 g/mol. The maximum Gasteiger partial charge on any atom is -0.0245 e. The van der Waals surface area contributed by atoms with Crippen LogP contribution in [0.4, 0.5) is 0 Å². The summed E-state index contributed by atoms with van der Waals surface area (Å²) in [6.07, 6.45) is 22.0. The van der Waals surface area contributed by atoms with Crippen LogP contribution in [0.2, 0.25) is 0 Å². The predicted molar refractivity (Wildman–Crippen MR) is 58.5 cm³/mol. The Morgan fingerprint density at radius 1 is 0.692 bits per heavy atom. The van der Waals surface area contributed by atoms with Gasteiger partial charge in [0.25, 0.3) is 0 Å². The first-order chi connectivity index (χ1) is 6.50. The molecule has 1 radical (unpaired) electrons. The molecular formula is C13H21. The third-order valence-electron chi connectivity index (χ3n) is 2.49. The van der Waals surface area contributed by atoms with Gasteiger partial charge < -0.3 is 0 Å².